The molecule has 0 saturated heterocycles. The van der Waals surface area contributed by atoms with E-state index in [9.17, 15) is 23.1 Å². The van der Waals surface area contributed by atoms with Crippen LogP contribution in [0.25, 0.3) is 0 Å². The van der Waals surface area contributed by atoms with Crippen molar-refractivity contribution < 1.29 is 23.1 Å². The fourth-order valence-electron chi connectivity index (χ4n) is 1.15. The molecule has 2 nitrogen and oxygen atoms in total. The lowest BCUT2D eigenvalue weighted by atomic mass is 10.0. The van der Waals surface area contributed by atoms with Gasteiger partial charge in [0.2, 0.25) is 0 Å². The van der Waals surface area contributed by atoms with E-state index in [1.807, 2.05) is 0 Å². The molecule has 0 aliphatic heterocycles. The van der Waals surface area contributed by atoms with E-state index in [0.717, 1.165) is 13.0 Å². The van der Waals surface area contributed by atoms with E-state index in [1.54, 1.807) is 0 Å². The second-order valence-electron chi connectivity index (χ2n) is 2.88. The molecule has 0 unspecified atom stereocenters. The van der Waals surface area contributed by atoms with E-state index in [4.69, 9.17) is 0 Å². The highest BCUT2D eigenvalue weighted by molar-refractivity contribution is 9.10. The van der Waals surface area contributed by atoms with E-state index < -0.39 is 28.8 Å². The molecule has 82 valence electrons. The molecule has 0 aromatic heterocycles. The van der Waals surface area contributed by atoms with E-state index >= 15 is 0 Å². The number of ketones is 1. The topological polar surface area (TPSA) is 37.3 Å². The third-order valence-electron chi connectivity index (χ3n) is 1.78. The van der Waals surface area contributed by atoms with Gasteiger partial charge in [0.15, 0.2) is 5.78 Å². The van der Waals surface area contributed by atoms with Gasteiger partial charge in [0.1, 0.15) is 5.75 Å². The number of hydrogen-bond acceptors (Lipinski definition) is 2. The average Bonchev–Trinajstić information content (AvgIpc) is 2.06. The van der Waals surface area contributed by atoms with Gasteiger partial charge < -0.3 is 5.11 Å². The quantitative estimate of drug-likeness (QED) is 0.802. The molecule has 0 saturated carbocycles. The molecule has 1 aromatic rings. The number of carbonyl (C=O) groups excluding carboxylic acids is 1. The number of hydrogen-bond donors (Lipinski definition) is 1. The maximum Gasteiger partial charge on any atom is 0.417 e. The Morgan fingerprint density at radius 2 is 1.93 bits per heavy atom. The first kappa shape index (κ1) is 12.0. The zero-order valence-electron chi connectivity index (χ0n) is 7.52. The Balaban J connectivity index is 3.55. The SMILES string of the molecule is CC(=O)c1c(C(F)(F)F)ccc(O)c1Br. The van der Waals surface area contributed by atoms with Crippen molar-refractivity contribution in [1.29, 1.82) is 0 Å². The summed E-state index contributed by atoms with van der Waals surface area (Å²) in [7, 11) is 0. The summed E-state index contributed by atoms with van der Waals surface area (Å²) in [5.41, 5.74) is -1.61. The number of alkyl halides is 3. The van der Waals surface area contributed by atoms with Crippen LogP contribution in [0.3, 0.4) is 0 Å². The number of carbonyl (C=O) groups is 1. The Labute approximate surface area is 91.8 Å². The molecule has 6 heteroatoms. The highest BCUT2D eigenvalue weighted by atomic mass is 79.9. The summed E-state index contributed by atoms with van der Waals surface area (Å²) in [5, 5.41) is 9.17. The van der Waals surface area contributed by atoms with E-state index in [0.29, 0.717) is 6.07 Å². The van der Waals surface area contributed by atoms with Crippen LogP contribution in [0.5, 0.6) is 5.75 Å². The summed E-state index contributed by atoms with van der Waals surface area (Å²) >= 11 is 2.75. The summed E-state index contributed by atoms with van der Waals surface area (Å²) in [6, 6.07) is 1.57. The van der Waals surface area contributed by atoms with Crippen LogP contribution in [-0.4, -0.2) is 10.9 Å². The Morgan fingerprint density at radius 1 is 1.40 bits per heavy atom. The van der Waals surface area contributed by atoms with Gasteiger partial charge in [-0.25, -0.2) is 0 Å². The number of Topliss-reactive ketones (excluding diaryl/α,β-unsaturated/α-hetero) is 1. The van der Waals surface area contributed by atoms with Gasteiger partial charge in [0, 0.05) is 5.56 Å². The molecule has 0 amide bonds. The first-order valence-electron chi connectivity index (χ1n) is 3.84. The van der Waals surface area contributed by atoms with Crippen molar-refractivity contribution in [3.05, 3.63) is 27.7 Å². The molecule has 0 atom stereocenters. The standard InChI is InChI=1S/C9H6BrF3O2/c1-4(14)7-5(9(11,12)13)2-3-6(15)8(7)10/h2-3,15H,1H3. The van der Waals surface area contributed by atoms with Crippen LogP contribution < -0.4 is 0 Å². The first-order valence-corrected chi connectivity index (χ1v) is 4.64. The second-order valence-corrected chi connectivity index (χ2v) is 3.67. The maximum absolute atomic E-state index is 12.5. The number of benzene rings is 1. The van der Waals surface area contributed by atoms with Gasteiger partial charge in [0.05, 0.1) is 10.0 Å². The van der Waals surface area contributed by atoms with Gasteiger partial charge >= 0.3 is 6.18 Å². The summed E-state index contributed by atoms with van der Waals surface area (Å²) in [4.78, 5) is 11.0. The van der Waals surface area contributed by atoms with Gasteiger partial charge in [-0.2, -0.15) is 13.2 Å². The van der Waals surface area contributed by atoms with Gasteiger partial charge in [-0.1, -0.05) is 0 Å². The molecule has 0 radical (unpaired) electrons. The Morgan fingerprint density at radius 3 is 2.33 bits per heavy atom. The first-order chi connectivity index (χ1) is 6.75. The second kappa shape index (κ2) is 3.84. The molecule has 0 heterocycles. The van der Waals surface area contributed by atoms with Crippen molar-refractivity contribution >= 4 is 21.7 Å². The molecule has 1 N–H and O–H groups in total. The predicted molar refractivity (Wildman–Crippen MR) is 50.8 cm³/mol. The lowest BCUT2D eigenvalue weighted by molar-refractivity contribution is -0.138. The Kier molecular flexibility index (Phi) is 3.08. The summed E-state index contributed by atoms with van der Waals surface area (Å²) < 4.78 is 37.2. The van der Waals surface area contributed by atoms with Crippen LogP contribution in [-0.2, 0) is 6.18 Å². The molecular formula is C9H6BrF3O2. The molecule has 0 bridgehead atoms. The molecule has 0 spiro atoms. The van der Waals surface area contributed by atoms with E-state index in [2.05, 4.69) is 15.9 Å². The van der Waals surface area contributed by atoms with Crippen molar-refractivity contribution in [2.24, 2.45) is 0 Å². The van der Waals surface area contributed by atoms with Crippen LogP contribution >= 0.6 is 15.9 Å². The van der Waals surface area contributed by atoms with Crippen molar-refractivity contribution in [2.45, 2.75) is 13.1 Å². The van der Waals surface area contributed by atoms with E-state index in [1.165, 1.54) is 0 Å². The number of phenols is 1. The van der Waals surface area contributed by atoms with Crippen molar-refractivity contribution in [3.8, 4) is 5.75 Å². The van der Waals surface area contributed by atoms with Crippen molar-refractivity contribution in [1.82, 2.24) is 0 Å². The molecule has 0 aliphatic carbocycles. The molecule has 0 aliphatic rings. The summed E-state index contributed by atoms with van der Waals surface area (Å²) in [5.74, 6) is -1.15. The zero-order valence-corrected chi connectivity index (χ0v) is 9.11. The predicted octanol–water partition coefficient (Wildman–Crippen LogP) is 3.38. The minimum absolute atomic E-state index is 0.232. The number of rotatable bonds is 1. The zero-order chi connectivity index (χ0) is 11.8. The number of phenolic OH excluding ortho intramolecular Hbond substituents is 1. The van der Waals surface area contributed by atoms with Crippen LogP contribution in [0.2, 0.25) is 0 Å². The van der Waals surface area contributed by atoms with Crippen LogP contribution in [0.15, 0.2) is 16.6 Å². The van der Waals surface area contributed by atoms with Crippen molar-refractivity contribution in [2.75, 3.05) is 0 Å². The Bertz CT molecular complexity index is 413. The van der Waals surface area contributed by atoms with Crippen LogP contribution in [0, 0.1) is 0 Å². The van der Waals surface area contributed by atoms with Gasteiger partial charge in [-0.05, 0) is 35.0 Å². The average molecular weight is 283 g/mol. The normalized spacial score (nSPS) is 11.5. The lowest BCUT2D eigenvalue weighted by Gasteiger charge is -2.12. The number of halogens is 4. The fraction of sp³-hybridized carbons (Fsp3) is 0.222. The minimum Gasteiger partial charge on any atom is -0.507 e. The van der Waals surface area contributed by atoms with Gasteiger partial charge in [-0.3, -0.25) is 4.79 Å². The Hall–Kier alpha value is -1.04. The summed E-state index contributed by atoms with van der Waals surface area (Å²) in [6.45, 7) is 1.01. The largest absolute Gasteiger partial charge is 0.507 e. The third-order valence-corrected chi connectivity index (χ3v) is 2.58. The smallest absolute Gasteiger partial charge is 0.417 e. The highest BCUT2D eigenvalue weighted by Crippen LogP contribution is 2.38. The van der Waals surface area contributed by atoms with Crippen molar-refractivity contribution in [3.63, 3.8) is 0 Å². The van der Waals surface area contributed by atoms with Crippen LogP contribution in [0.4, 0.5) is 13.2 Å². The van der Waals surface area contributed by atoms with Gasteiger partial charge in [-0.15, -0.1) is 0 Å². The van der Waals surface area contributed by atoms with Gasteiger partial charge in [0.25, 0.3) is 0 Å². The highest BCUT2D eigenvalue weighted by Gasteiger charge is 2.36. The number of aromatic hydroxyl groups is 1. The summed E-state index contributed by atoms with van der Waals surface area (Å²) in [6.07, 6.45) is -4.61. The minimum atomic E-state index is -4.61. The lowest BCUT2D eigenvalue weighted by Crippen LogP contribution is -2.12. The molecular weight excluding hydrogens is 277 g/mol. The van der Waals surface area contributed by atoms with Crippen LogP contribution in [0.1, 0.15) is 22.8 Å². The fourth-order valence-corrected chi connectivity index (χ4v) is 1.77. The molecule has 1 aromatic carbocycles. The monoisotopic (exact) mass is 282 g/mol. The molecule has 15 heavy (non-hydrogen) atoms. The maximum atomic E-state index is 12.5. The third kappa shape index (κ3) is 2.31. The van der Waals surface area contributed by atoms with E-state index in [-0.39, 0.29) is 4.47 Å². The molecule has 0 fully saturated rings. The molecule has 1 rings (SSSR count).